The number of benzene rings is 1. The Hall–Kier alpha value is -1.34. The first-order valence-electron chi connectivity index (χ1n) is 5.18. The maximum atomic E-state index is 13.4. The summed E-state index contributed by atoms with van der Waals surface area (Å²) >= 11 is 4.25. The van der Waals surface area contributed by atoms with Crippen molar-refractivity contribution in [2.75, 3.05) is 7.11 Å². The Morgan fingerprint density at radius 2 is 2.21 bits per heavy atom. The van der Waals surface area contributed by atoms with Crippen molar-refractivity contribution in [2.45, 2.75) is 6.42 Å². The van der Waals surface area contributed by atoms with Crippen LogP contribution < -0.4 is 0 Å². The van der Waals surface area contributed by atoms with Gasteiger partial charge in [0.2, 0.25) is 0 Å². The third-order valence-electron chi connectivity index (χ3n) is 2.37. The molecule has 0 fully saturated rings. The van der Waals surface area contributed by atoms with Gasteiger partial charge in [-0.05, 0) is 28.1 Å². The number of hydrogen-bond acceptors (Lipinski definition) is 4. The number of esters is 1. The van der Waals surface area contributed by atoms with E-state index in [0.717, 1.165) is 6.07 Å². The molecule has 0 saturated heterocycles. The van der Waals surface area contributed by atoms with Gasteiger partial charge in [-0.2, -0.15) is 0 Å². The molecule has 0 aliphatic rings. The Kier molecular flexibility index (Phi) is 4.26. The predicted octanol–water partition coefficient (Wildman–Crippen LogP) is 3.57. The zero-order valence-electron chi connectivity index (χ0n) is 9.75. The molecule has 0 N–H and O–H groups in total. The molecular weight excluding hydrogens is 340 g/mol. The number of carbonyl (C=O) groups excluding carboxylic acids is 1. The highest BCUT2D eigenvalue weighted by molar-refractivity contribution is 9.10. The van der Waals surface area contributed by atoms with Gasteiger partial charge in [0, 0.05) is 10.9 Å². The Morgan fingerprint density at radius 1 is 1.47 bits per heavy atom. The lowest BCUT2D eigenvalue weighted by Crippen LogP contribution is -2.04. The van der Waals surface area contributed by atoms with Crippen molar-refractivity contribution < 1.29 is 18.3 Å². The number of carbonyl (C=O) groups is 1. The lowest BCUT2D eigenvalue weighted by Gasteiger charge is -2.02. The van der Waals surface area contributed by atoms with E-state index in [2.05, 4.69) is 25.7 Å². The van der Waals surface area contributed by atoms with Crippen molar-refractivity contribution in [3.05, 3.63) is 39.3 Å². The summed E-state index contributed by atoms with van der Waals surface area (Å²) < 4.78 is 31.0. The first-order valence-corrected chi connectivity index (χ1v) is 6.85. The standard InChI is InChI=1S/C12H8BrF2NO2S/c1-18-9(17)4-6-5-19-12(16-6)7-2-3-8(14)11(15)10(7)13/h2-3,5H,4H2,1H3. The third kappa shape index (κ3) is 2.98. The fraction of sp³-hybridized carbons (Fsp3) is 0.167. The van der Waals surface area contributed by atoms with Crippen LogP contribution in [0.4, 0.5) is 8.78 Å². The molecule has 100 valence electrons. The highest BCUT2D eigenvalue weighted by Gasteiger charge is 2.16. The summed E-state index contributed by atoms with van der Waals surface area (Å²) in [6.07, 6.45) is 0.0499. The maximum absolute atomic E-state index is 13.4. The van der Waals surface area contributed by atoms with Gasteiger partial charge >= 0.3 is 5.97 Å². The van der Waals surface area contributed by atoms with Gasteiger partial charge in [0.05, 0.1) is 23.7 Å². The number of hydrogen-bond donors (Lipinski definition) is 0. The molecule has 0 atom stereocenters. The molecule has 3 nitrogen and oxygen atoms in total. The first-order chi connectivity index (χ1) is 9.02. The van der Waals surface area contributed by atoms with Gasteiger partial charge in [0.1, 0.15) is 5.01 Å². The van der Waals surface area contributed by atoms with E-state index < -0.39 is 17.6 Å². The number of ether oxygens (including phenoxy) is 1. The zero-order chi connectivity index (χ0) is 14.0. The second-order valence-corrected chi connectivity index (χ2v) is 5.27. The topological polar surface area (TPSA) is 39.2 Å². The molecule has 1 aromatic carbocycles. The van der Waals surface area contributed by atoms with Crippen LogP contribution in [0, 0.1) is 11.6 Å². The lowest BCUT2D eigenvalue weighted by molar-refractivity contribution is -0.139. The van der Waals surface area contributed by atoms with Crippen molar-refractivity contribution in [3.8, 4) is 10.6 Å². The smallest absolute Gasteiger partial charge is 0.311 e. The van der Waals surface area contributed by atoms with E-state index in [0.29, 0.717) is 16.3 Å². The SMILES string of the molecule is COC(=O)Cc1csc(-c2ccc(F)c(F)c2Br)n1. The van der Waals surface area contributed by atoms with Gasteiger partial charge < -0.3 is 4.74 Å². The van der Waals surface area contributed by atoms with Crippen molar-refractivity contribution in [1.29, 1.82) is 0 Å². The molecule has 7 heteroatoms. The Balaban J connectivity index is 2.33. The van der Waals surface area contributed by atoms with E-state index >= 15 is 0 Å². The van der Waals surface area contributed by atoms with Gasteiger partial charge in [0.25, 0.3) is 0 Å². The van der Waals surface area contributed by atoms with E-state index in [1.807, 2.05) is 0 Å². The van der Waals surface area contributed by atoms with Crippen LogP contribution in [-0.4, -0.2) is 18.1 Å². The molecule has 0 bridgehead atoms. The van der Waals surface area contributed by atoms with Crippen molar-refractivity contribution in [1.82, 2.24) is 4.98 Å². The van der Waals surface area contributed by atoms with Gasteiger partial charge in [-0.25, -0.2) is 13.8 Å². The number of rotatable bonds is 3. The van der Waals surface area contributed by atoms with Crippen LogP contribution in [-0.2, 0) is 16.0 Å². The molecule has 0 saturated carbocycles. The summed E-state index contributed by atoms with van der Waals surface area (Å²) in [5.41, 5.74) is 0.975. The fourth-order valence-electron chi connectivity index (χ4n) is 1.42. The van der Waals surface area contributed by atoms with Crippen LogP contribution in [0.3, 0.4) is 0 Å². The summed E-state index contributed by atoms with van der Waals surface area (Å²) in [5, 5.41) is 2.18. The van der Waals surface area contributed by atoms with Crippen LogP contribution >= 0.6 is 27.3 Å². The van der Waals surface area contributed by atoms with E-state index in [-0.39, 0.29) is 10.9 Å². The Morgan fingerprint density at radius 3 is 2.89 bits per heavy atom. The van der Waals surface area contributed by atoms with Gasteiger partial charge in [-0.3, -0.25) is 4.79 Å². The summed E-state index contributed by atoms with van der Waals surface area (Å²) in [7, 11) is 1.29. The summed E-state index contributed by atoms with van der Waals surface area (Å²) in [6, 6.07) is 2.47. The molecule has 0 amide bonds. The van der Waals surface area contributed by atoms with Crippen molar-refractivity contribution >= 4 is 33.2 Å². The number of methoxy groups -OCH3 is 1. The highest BCUT2D eigenvalue weighted by atomic mass is 79.9. The molecule has 0 unspecified atom stereocenters. The summed E-state index contributed by atoms with van der Waals surface area (Å²) in [5.74, 6) is -2.29. The fourth-order valence-corrected chi connectivity index (χ4v) is 2.91. The molecule has 0 aliphatic carbocycles. The summed E-state index contributed by atoms with van der Waals surface area (Å²) in [6.45, 7) is 0. The van der Waals surface area contributed by atoms with Gasteiger partial charge in [-0.1, -0.05) is 0 Å². The minimum Gasteiger partial charge on any atom is -0.469 e. The largest absolute Gasteiger partial charge is 0.469 e. The molecule has 0 radical (unpaired) electrons. The third-order valence-corrected chi connectivity index (χ3v) is 4.07. The molecular formula is C12H8BrF2NO2S. The van der Waals surface area contributed by atoms with E-state index in [9.17, 15) is 13.6 Å². The number of aromatic nitrogens is 1. The number of thiazole rings is 1. The van der Waals surface area contributed by atoms with Gasteiger partial charge in [-0.15, -0.1) is 11.3 Å². The molecule has 2 rings (SSSR count). The first kappa shape index (κ1) is 14.1. The molecule has 0 spiro atoms. The van der Waals surface area contributed by atoms with Crippen molar-refractivity contribution in [3.63, 3.8) is 0 Å². The molecule has 0 aliphatic heterocycles. The minimum atomic E-state index is -0.956. The van der Waals surface area contributed by atoms with Gasteiger partial charge in [0.15, 0.2) is 11.6 Å². The zero-order valence-corrected chi connectivity index (χ0v) is 12.1. The Bertz CT molecular complexity index is 630. The van der Waals surface area contributed by atoms with E-state index in [4.69, 9.17) is 0 Å². The molecule has 2 aromatic rings. The van der Waals surface area contributed by atoms with Crippen molar-refractivity contribution in [2.24, 2.45) is 0 Å². The second-order valence-electron chi connectivity index (χ2n) is 3.62. The van der Waals surface area contributed by atoms with Crippen LogP contribution in [0.25, 0.3) is 10.6 Å². The number of nitrogens with zero attached hydrogens (tertiary/aromatic N) is 1. The minimum absolute atomic E-state index is 0.0199. The highest BCUT2D eigenvalue weighted by Crippen LogP contribution is 2.33. The summed E-state index contributed by atoms with van der Waals surface area (Å²) in [4.78, 5) is 15.3. The quantitative estimate of drug-likeness (QED) is 0.629. The van der Waals surface area contributed by atoms with Crippen LogP contribution in [0.2, 0.25) is 0 Å². The molecule has 19 heavy (non-hydrogen) atoms. The normalized spacial score (nSPS) is 10.5. The lowest BCUT2D eigenvalue weighted by atomic mass is 10.2. The van der Waals surface area contributed by atoms with Crippen LogP contribution in [0.15, 0.2) is 22.0 Å². The maximum Gasteiger partial charge on any atom is 0.311 e. The van der Waals surface area contributed by atoms with E-state index in [1.165, 1.54) is 24.5 Å². The average molecular weight is 348 g/mol. The predicted molar refractivity (Wildman–Crippen MR) is 70.9 cm³/mol. The molecule has 1 heterocycles. The Labute approximate surface area is 120 Å². The van der Waals surface area contributed by atoms with Crippen LogP contribution in [0.1, 0.15) is 5.69 Å². The van der Waals surface area contributed by atoms with Crippen LogP contribution in [0.5, 0.6) is 0 Å². The average Bonchev–Trinajstić information content (AvgIpc) is 2.84. The second kappa shape index (κ2) is 5.75. The monoisotopic (exact) mass is 347 g/mol. The number of halogens is 3. The van der Waals surface area contributed by atoms with E-state index in [1.54, 1.807) is 5.38 Å². The molecule has 1 aromatic heterocycles.